The van der Waals surface area contributed by atoms with E-state index in [-0.39, 0.29) is 17.5 Å². The number of benzene rings is 1. The second kappa shape index (κ2) is 6.38. The van der Waals surface area contributed by atoms with Crippen molar-refractivity contribution in [2.45, 2.75) is 31.3 Å². The number of hydrogen-bond donors (Lipinski definition) is 3. The average Bonchev–Trinajstić information content (AvgIpc) is 2.90. The van der Waals surface area contributed by atoms with Crippen molar-refractivity contribution in [3.05, 3.63) is 47.3 Å². The van der Waals surface area contributed by atoms with Crippen molar-refractivity contribution < 1.29 is 8.42 Å². The van der Waals surface area contributed by atoms with Crippen molar-refractivity contribution in [3.8, 4) is 0 Å². The quantitative estimate of drug-likeness (QED) is 0.754. The summed E-state index contributed by atoms with van der Waals surface area (Å²) in [6.07, 6.45) is 1.62. The molecule has 6 nitrogen and oxygen atoms in total. The third kappa shape index (κ3) is 3.69. The summed E-state index contributed by atoms with van der Waals surface area (Å²) in [4.78, 5) is 0.260. The Bertz CT molecular complexity index is 692. The van der Waals surface area contributed by atoms with Crippen LogP contribution in [0, 0.1) is 6.92 Å². The predicted octanol–water partition coefficient (Wildman–Crippen LogP) is 1.48. The highest BCUT2D eigenvalue weighted by molar-refractivity contribution is 7.89. The summed E-state index contributed by atoms with van der Waals surface area (Å²) in [5.41, 5.74) is 2.73. The van der Waals surface area contributed by atoms with Gasteiger partial charge in [-0.3, -0.25) is 5.10 Å². The van der Waals surface area contributed by atoms with Crippen molar-refractivity contribution in [3.63, 3.8) is 0 Å². The van der Waals surface area contributed by atoms with Gasteiger partial charge in [-0.05, 0) is 38.6 Å². The number of nitrogens with zero attached hydrogens (tertiary/aromatic N) is 1. The SMILES string of the molecule is CNC(C)c1ccc(S(=O)(=O)NCc2cn[nH]c2C)cc1. The molecule has 0 aliphatic rings. The van der Waals surface area contributed by atoms with Gasteiger partial charge in [-0.1, -0.05) is 12.1 Å². The molecule has 1 atom stereocenters. The maximum absolute atomic E-state index is 12.2. The summed E-state index contributed by atoms with van der Waals surface area (Å²) < 4.78 is 27.0. The van der Waals surface area contributed by atoms with Crippen molar-refractivity contribution in [2.75, 3.05) is 7.05 Å². The number of aromatic nitrogens is 2. The zero-order chi connectivity index (χ0) is 15.5. The van der Waals surface area contributed by atoms with E-state index in [0.717, 1.165) is 16.8 Å². The van der Waals surface area contributed by atoms with Crippen molar-refractivity contribution in [2.24, 2.45) is 0 Å². The van der Waals surface area contributed by atoms with Gasteiger partial charge in [0, 0.05) is 23.8 Å². The highest BCUT2D eigenvalue weighted by Gasteiger charge is 2.15. The standard InChI is InChI=1S/C14H20N4O2S/c1-10(15-3)12-4-6-14(7-5-12)21(19,20)17-9-13-8-16-18-11(13)2/h4-8,10,15,17H,9H2,1-3H3,(H,16,18). The molecule has 0 spiro atoms. The molecule has 0 bridgehead atoms. The Kier molecular flexibility index (Phi) is 4.76. The molecule has 0 saturated carbocycles. The molecular weight excluding hydrogens is 288 g/mol. The number of hydrogen-bond acceptors (Lipinski definition) is 4. The monoisotopic (exact) mass is 308 g/mol. The topological polar surface area (TPSA) is 86.9 Å². The lowest BCUT2D eigenvalue weighted by atomic mass is 10.1. The minimum absolute atomic E-state index is 0.184. The number of aromatic amines is 1. The minimum Gasteiger partial charge on any atom is -0.313 e. The third-order valence-corrected chi connectivity index (χ3v) is 4.93. The van der Waals surface area contributed by atoms with Gasteiger partial charge in [-0.15, -0.1) is 0 Å². The van der Waals surface area contributed by atoms with Crippen LogP contribution >= 0.6 is 0 Å². The van der Waals surface area contributed by atoms with Gasteiger partial charge in [0.05, 0.1) is 11.1 Å². The summed E-state index contributed by atoms with van der Waals surface area (Å²) in [5.74, 6) is 0. The Morgan fingerprint density at radius 3 is 2.48 bits per heavy atom. The van der Waals surface area contributed by atoms with Crippen LogP contribution in [0.2, 0.25) is 0 Å². The lowest BCUT2D eigenvalue weighted by molar-refractivity contribution is 0.581. The Morgan fingerprint density at radius 1 is 1.29 bits per heavy atom. The number of nitrogens with one attached hydrogen (secondary N) is 3. The fourth-order valence-electron chi connectivity index (χ4n) is 1.91. The van der Waals surface area contributed by atoms with E-state index in [0.29, 0.717) is 0 Å². The Labute approximate surface area is 125 Å². The Hall–Kier alpha value is -1.70. The molecule has 2 aromatic rings. The van der Waals surface area contributed by atoms with Gasteiger partial charge in [0.2, 0.25) is 10.0 Å². The molecule has 0 aliphatic heterocycles. The van der Waals surface area contributed by atoms with Crippen LogP contribution in [-0.4, -0.2) is 25.7 Å². The number of sulfonamides is 1. The van der Waals surface area contributed by atoms with Gasteiger partial charge < -0.3 is 5.32 Å². The summed E-state index contributed by atoms with van der Waals surface area (Å²) in [7, 11) is -1.65. The van der Waals surface area contributed by atoms with E-state index in [1.165, 1.54) is 0 Å². The normalized spacial score (nSPS) is 13.3. The van der Waals surface area contributed by atoms with Crippen molar-refractivity contribution in [1.29, 1.82) is 0 Å². The van der Waals surface area contributed by atoms with Gasteiger partial charge in [0.15, 0.2) is 0 Å². The molecule has 7 heteroatoms. The van der Waals surface area contributed by atoms with Crippen molar-refractivity contribution in [1.82, 2.24) is 20.2 Å². The van der Waals surface area contributed by atoms with E-state index in [1.54, 1.807) is 18.3 Å². The zero-order valence-corrected chi connectivity index (χ0v) is 13.2. The van der Waals surface area contributed by atoms with E-state index in [9.17, 15) is 8.42 Å². The van der Waals surface area contributed by atoms with Gasteiger partial charge in [-0.25, -0.2) is 13.1 Å². The van der Waals surface area contributed by atoms with Crippen LogP contribution in [0.5, 0.6) is 0 Å². The second-order valence-electron chi connectivity index (χ2n) is 4.92. The van der Waals surface area contributed by atoms with Crippen LogP contribution in [0.1, 0.15) is 29.8 Å². The zero-order valence-electron chi connectivity index (χ0n) is 12.3. The lowest BCUT2D eigenvalue weighted by Gasteiger charge is -2.11. The first-order valence-electron chi connectivity index (χ1n) is 6.70. The summed E-state index contributed by atoms with van der Waals surface area (Å²) in [6.45, 7) is 4.09. The molecule has 2 rings (SSSR count). The smallest absolute Gasteiger partial charge is 0.240 e. The first-order valence-corrected chi connectivity index (χ1v) is 8.18. The molecule has 0 amide bonds. The van der Waals surface area contributed by atoms with Crippen LogP contribution in [0.15, 0.2) is 35.4 Å². The first-order chi connectivity index (χ1) is 9.94. The number of rotatable bonds is 6. The first kappa shape index (κ1) is 15.7. The molecule has 0 fully saturated rings. The molecule has 3 N–H and O–H groups in total. The van der Waals surface area contributed by atoms with Gasteiger partial charge in [0.25, 0.3) is 0 Å². The molecular formula is C14H20N4O2S. The van der Waals surface area contributed by atoms with Gasteiger partial charge in [-0.2, -0.15) is 5.10 Å². The average molecular weight is 308 g/mol. The molecule has 1 aromatic carbocycles. The van der Waals surface area contributed by atoms with Crippen LogP contribution in [-0.2, 0) is 16.6 Å². The van der Waals surface area contributed by atoms with Crippen LogP contribution < -0.4 is 10.0 Å². The molecule has 1 heterocycles. The molecule has 0 saturated heterocycles. The predicted molar refractivity (Wildman–Crippen MR) is 81.3 cm³/mol. The highest BCUT2D eigenvalue weighted by atomic mass is 32.2. The summed E-state index contributed by atoms with van der Waals surface area (Å²) in [6, 6.07) is 7.06. The fraction of sp³-hybridized carbons (Fsp3) is 0.357. The summed E-state index contributed by atoms with van der Waals surface area (Å²) >= 11 is 0. The van der Waals surface area contributed by atoms with E-state index in [1.807, 2.05) is 33.0 Å². The number of aryl methyl sites for hydroxylation is 1. The third-order valence-electron chi connectivity index (χ3n) is 3.51. The molecule has 0 radical (unpaired) electrons. The van der Waals surface area contributed by atoms with Gasteiger partial charge in [0.1, 0.15) is 0 Å². The van der Waals surface area contributed by atoms with E-state index in [2.05, 4.69) is 20.2 Å². The molecule has 114 valence electrons. The maximum Gasteiger partial charge on any atom is 0.240 e. The van der Waals surface area contributed by atoms with Crippen LogP contribution in [0.25, 0.3) is 0 Å². The lowest BCUT2D eigenvalue weighted by Crippen LogP contribution is -2.23. The molecule has 0 aliphatic carbocycles. The minimum atomic E-state index is -3.51. The largest absolute Gasteiger partial charge is 0.313 e. The van der Waals surface area contributed by atoms with Crippen molar-refractivity contribution >= 4 is 10.0 Å². The van der Waals surface area contributed by atoms with Gasteiger partial charge >= 0.3 is 0 Å². The molecule has 21 heavy (non-hydrogen) atoms. The highest BCUT2D eigenvalue weighted by Crippen LogP contribution is 2.16. The van der Waals surface area contributed by atoms with E-state index >= 15 is 0 Å². The number of H-pyrrole nitrogens is 1. The fourth-order valence-corrected chi connectivity index (χ4v) is 2.92. The maximum atomic E-state index is 12.2. The van der Waals surface area contributed by atoms with E-state index in [4.69, 9.17) is 0 Å². The molecule has 1 aromatic heterocycles. The Balaban J connectivity index is 2.10. The molecule has 1 unspecified atom stereocenters. The van der Waals surface area contributed by atoms with E-state index < -0.39 is 10.0 Å². The second-order valence-corrected chi connectivity index (χ2v) is 6.69. The summed E-state index contributed by atoms with van der Waals surface area (Å²) in [5, 5.41) is 9.76. The van der Waals surface area contributed by atoms with Crippen LogP contribution in [0.3, 0.4) is 0 Å². The van der Waals surface area contributed by atoms with Crippen LogP contribution in [0.4, 0.5) is 0 Å². The Morgan fingerprint density at radius 2 is 1.95 bits per heavy atom.